The molecule has 1 aliphatic rings. The molecular weight excluding hydrogens is 174 g/mol. The Bertz CT molecular complexity index is 340. The van der Waals surface area contributed by atoms with Crippen molar-refractivity contribution in [3.63, 3.8) is 0 Å². The van der Waals surface area contributed by atoms with E-state index in [2.05, 4.69) is 31.3 Å². The highest BCUT2D eigenvalue weighted by Crippen LogP contribution is 2.28. The van der Waals surface area contributed by atoms with Gasteiger partial charge in [-0.1, -0.05) is 18.2 Å². The monoisotopic (exact) mass is 191 g/mol. The zero-order chi connectivity index (χ0) is 10.2. The molecular formula is C12H17NO. The van der Waals surface area contributed by atoms with Gasteiger partial charge >= 0.3 is 0 Å². The van der Waals surface area contributed by atoms with Crippen LogP contribution in [-0.4, -0.2) is 18.2 Å². The average Bonchev–Trinajstić information content (AvgIpc) is 2.58. The fraction of sp³-hybridized carbons (Fsp3) is 0.500. The lowest BCUT2D eigenvalue weighted by Crippen LogP contribution is -2.28. The summed E-state index contributed by atoms with van der Waals surface area (Å²) in [5, 5.41) is 13.5. The van der Waals surface area contributed by atoms with Crippen LogP contribution < -0.4 is 5.32 Å². The Morgan fingerprint density at radius 1 is 1.29 bits per heavy atom. The number of nitrogens with one attached hydrogen (secondary N) is 1. The van der Waals surface area contributed by atoms with E-state index >= 15 is 0 Å². The first-order valence-corrected chi connectivity index (χ1v) is 5.13. The van der Waals surface area contributed by atoms with E-state index in [1.54, 1.807) is 0 Å². The highest BCUT2D eigenvalue weighted by Gasteiger charge is 2.32. The largest absolute Gasteiger partial charge is 0.384 e. The molecule has 0 aromatic heterocycles. The lowest BCUT2D eigenvalue weighted by atomic mass is 9.91. The number of benzene rings is 1. The van der Waals surface area contributed by atoms with E-state index in [1.165, 1.54) is 11.1 Å². The Kier molecular flexibility index (Phi) is 2.33. The summed E-state index contributed by atoms with van der Waals surface area (Å²) < 4.78 is 0. The number of aryl methyl sites for hydroxylation is 2. The van der Waals surface area contributed by atoms with Crippen LogP contribution in [0.2, 0.25) is 0 Å². The van der Waals surface area contributed by atoms with Gasteiger partial charge in [0.2, 0.25) is 0 Å². The normalized spacial score (nSPS) is 26.8. The first-order valence-electron chi connectivity index (χ1n) is 5.13. The van der Waals surface area contributed by atoms with Crippen molar-refractivity contribution in [2.24, 2.45) is 0 Å². The smallest absolute Gasteiger partial charge is 0.103 e. The van der Waals surface area contributed by atoms with Crippen molar-refractivity contribution in [1.29, 1.82) is 0 Å². The standard InChI is InChI=1S/C12H17NO/c1-9-3-4-11(7-10(9)2)12(14)5-6-13-8-12/h3-4,7,13-14H,5-6,8H2,1-2H3. The summed E-state index contributed by atoms with van der Waals surface area (Å²) in [6.07, 6.45) is 0.815. The van der Waals surface area contributed by atoms with Crippen molar-refractivity contribution >= 4 is 0 Å². The molecule has 1 heterocycles. The van der Waals surface area contributed by atoms with Gasteiger partial charge in [0.05, 0.1) is 0 Å². The number of rotatable bonds is 1. The van der Waals surface area contributed by atoms with Crippen molar-refractivity contribution in [3.05, 3.63) is 34.9 Å². The zero-order valence-corrected chi connectivity index (χ0v) is 8.80. The average molecular weight is 191 g/mol. The van der Waals surface area contributed by atoms with Gasteiger partial charge in [0.25, 0.3) is 0 Å². The molecule has 0 saturated carbocycles. The van der Waals surface area contributed by atoms with E-state index in [1.807, 2.05) is 6.07 Å². The third-order valence-corrected chi connectivity index (χ3v) is 3.18. The fourth-order valence-corrected chi connectivity index (χ4v) is 1.96. The molecule has 1 aliphatic heterocycles. The van der Waals surface area contributed by atoms with Crippen LogP contribution in [0, 0.1) is 13.8 Å². The predicted octanol–water partition coefficient (Wildman–Crippen LogP) is 1.48. The molecule has 2 nitrogen and oxygen atoms in total. The molecule has 1 aromatic carbocycles. The molecule has 1 atom stereocenters. The molecule has 2 N–H and O–H groups in total. The molecule has 0 spiro atoms. The zero-order valence-electron chi connectivity index (χ0n) is 8.80. The van der Waals surface area contributed by atoms with Gasteiger partial charge in [-0.15, -0.1) is 0 Å². The van der Waals surface area contributed by atoms with Gasteiger partial charge in [-0.3, -0.25) is 0 Å². The molecule has 1 saturated heterocycles. The molecule has 0 aliphatic carbocycles. The lowest BCUT2D eigenvalue weighted by molar-refractivity contribution is 0.0587. The van der Waals surface area contributed by atoms with Crippen LogP contribution >= 0.6 is 0 Å². The van der Waals surface area contributed by atoms with Crippen LogP contribution in [0.1, 0.15) is 23.1 Å². The number of aliphatic hydroxyl groups is 1. The van der Waals surface area contributed by atoms with Crippen LogP contribution in [0.15, 0.2) is 18.2 Å². The summed E-state index contributed by atoms with van der Waals surface area (Å²) in [6.45, 7) is 5.76. The molecule has 1 aromatic rings. The van der Waals surface area contributed by atoms with Crippen LogP contribution in [0.4, 0.5) is 0 Å². The van der Waals surface area contributed by atoms with E-state index < -0.39 is 5.60 Å². The van der Waals surface area contributed by atoms with Gasteiger partial charge in [0.15, 0.2) is 0 Å². The molecule has 0 radical (unpaired) electrons. The van der Waals surface area contributed by atoms with Crippen molar-refractivity contribution in [1.82, 2.24) is 5.32 Å². The Balaban J connectivity index is 2.36. The molecule has 0 bridgehead atoms. The minimum Gasteiger partial charge on any atom is -0.384 e. The minimum absolute atomic E-state index is 0.640. The molecule has 2 rings (SSSR count). The summed E-state index contributed by atoms with van der Waals surface area (Å²) in [7, 11) is 0. The van der Waals surface area contributed by atoms with Crippen LogP contribution in [-0.2, 0) is 5.60 Å². The third-order valence-electron chi connectivity index (χ3n) is 3.18. The SMILES string of the molecule is Cc1ccc(C2(O)CCNC2)cc1C. The van der Waals surface area contributed by atoms with E-state index in [-0.39, 0.29) is 0 Å². The second-order valence-corrected chi connectivity index (χ2v) is 4.26. The molecule has 76 valence electrons. The van der Waals surface area contributed by atoms with Crippen molar-refractivity contribution in [3.8, 4) is 0 Å². The number of β-amino-alcohol motifs (C(OH)–C–C–N with tert-alkyl or cyclic N) is 1. The highest BCUT2D eigenvalue weighted by molar-refractivity contribution is 5.34. The molecule has 14 heavy (non-hydrogen) atoms. The number of hydrogen-bond donors (Lipinski definition) is 2. The Morgan fingerprint density at radius 2 is 2.07 bits per heavy atom. The van der Waals surface area contributed by atoms with E-state index in [9.17, 15) is 5.11 Å². The van der Waals surface area contributed by atoms with Gasteiger partial charge in [-0.2, -0.15) is 0 Å². The van der Waals surface area contributed by atoms with Gasteiger partial charge in [-0.05, 0) is 43.5 Å². The van der Waals surface area contributed by atoms with E-state index in [4.69, 9.17) is 0 Å². The Hall–Kier alpha value is -0.860. The third kappa shape index (κ3) is 1.56. The second-order valence-electron chi connectivity index (χ2n) is 4.26. The molecule has 2 heteroatoms. The minimum atomic E-state index is -0.640. The fourth-order valence-electron chi connectivity index (χ4n) is 1.96. The molecule has 0 amide bonds. The summed E-state index contributed by atoms with van der Waals surface area (Å²) in [5.74, 6) is 0. The first kappa shape index (κ1) is 9.69. The summed E-state index contributed by atoms with van der Waals surface area (Å²) >= 11 is 0. The lowest BCUT2D eigenvalue weighted by Gasteiger charge is -2.22. The molecule has 1 unspecified atom stereocenters. The van der Waals surface area contributed by atoms with E-state index in [0.717, 1.165) is 18.5 Å². The van der Waals surface area contributed by atoms with Crippen LogP contribution in [0.3, 0.4) is 0 Å². The highest BCUT2D eigenvalue weighted by atomic mass is 16.3. The topological polar surface area (TPSA) is 32.3 Å². The van der Waals surface area contributed by atoms with Gasteiger partial charge < -0.3 is 10.4 Å². The maximum atomic E-state index is 10.3. The van der Waals surface area contributed by atoms with Gasteiger partial charge in [0, 0.05) is 6.54 Å². The van der Waals surface area contributed by atoms with E-state index in [0.29, 0.717) is 6.54 Å². The first-order chi connectivity index (χ1) is 6.62. The predicted molar refractivity (Wildman–Crippen MR) is 57.3 cm³/mol. The quantitative estimate of drug-likeness (QED) is 0.705. The van der Waals surface area contributed by atoms with Gasteiger partial charge in [0.1, 0.15) is 5.60 Å². The van der Waals surface area contributed by atoms with Crippen LogP contribution in [0.5, 0.6) is 0 Å². The summed E-state index contributed by atoms with van der Waals surface area (Å²) in [4.78, 5) is 0. The van der Waals surface area contributed by atoms with Crippen molar-refractivity contribution in [2.75, 3.05) is 13.1 Å². The van der Waals surface area contributed by atoms with Crippen molar-refractivity contribution in [2.45, 2.75) is 25.9 Å². The maximum Gasteiger partial charge on any atom is 0.103 e. The van der Waals surface area contributed by atoms with Gasteiger partial charge in [-0.25, -0.2) is 0 Å². The Morgan fingerprint density at radius 3 is 2.64 bits per heavy atom. The van der Waals surface area contributed by atoms with Crippen molar-refractivity contribution < 1.29 is 5.11 Å². The molecule has 1 fully saturated rings. The summed E-state index contributed by atoms with van der Waals surface area (Å²) in [5.41, 5.74) is 2.94. The second kappa shape index (κ2) is 3.37. The maximum absolute atomic E-state index is 10.3. The Labute approximate surface area is 85.0 Å². The number of hydrogen-bond acceptors (Lipinski definition) is 2. The summed E-state index contributed by atoms with van der Waals surface area (Å²) in [6, 6.07) is 6.22. The van der Waals surface area contributed by atoms with Crippen LogP contribution in [0.25, 0.3) is 0 Å².